The number of rotatable bonds is 4. The number of ether oxygens (including phenoxy) is 2. The summed E-state index contributed by atoms with van der Waals surface area (Å²) >= 11 is 0. The normalized spacial score (nSPS) is 33.6. The van der Waals surface area contributed by atoms with Gasteiger partial charge >= 0.3 is 5.97 Å². The largest absolute Gasteiger partial charge is 0.462 e. The van der Waals surface area contributed by atoms with E-state index in [1.54, 1.807) is 0 Å². The molecule has 2 aliphatic rings. The van der Waals surface area contributed by atoms with Crippen LogP contribution in [0.15, 0.2) is 0 Å². The summed E-state index contributed by atoms with van der Waals surface area (Å²) in [6.07, 6.45) is 5.09. The summed E-state index contributed by atoms with van der Waals surface area (Å²) in [6, 6.07) is 0. The van der Waals surface area contributed by atoms with Gasteiger partial charge in [0.1, 0.15) is 6.61 Å². The van der Waals surface area contributed by atoms with Gasteiger partial charge in [0, 0.05) is 13.2 Å². The first-order valence-electron chi connectivity index (χ1n) is 6.76. The number of esters is 1. The van der Waals surface area contributed by atoms with Crippen LogP contribution in [0.1, 0.15) is 39.0 Å². The van der Waals surface area contributed by atoms with Gasteiger partial charge in [-0.1, -0.05) is 6.92 Å². The summed E-state index contributed by atoms with van der Waals surface area (Å²) in [7, 11) is 0. The van der Waals surface area contributed by atoms with Crippen LogP contribution in [0, 0.1) is 5.41 Å². The lowest BCUT2D eigenvalue weighted by Crippen LogP contribution is -2.46. The van der Waals surface area contributed by atoms with E-state index >= 15 is 0 Å². The molecule has 0 amide bonds. The van der Waals surface area contributed by atoms with Gasteiger partial charge in [0.2, 0.25) is 0 Å². The Labute approximate surface area is 103 Å². The standard InChI is InChI=1S/C13H23NO3/c1-2-13(6-4-7-14-10-13)12(15)17-9-11-5-3-8-16-11/h11,14H,2-10H2,1H3. The molecule has 0 aliphatic carbocycles. The van der Waals surface area contributed by atoms with E-state index < -0.39 is 0 Å². The zero-order valence-corrected chi connectivity index (χ0v) is 10.7. The minimum absolute atomic E-state index is 0.0392. The molecule has 17 heavy (non-hydrogen) atoms. The van der Waals surface area contributed by atoms with E-state index in [2.05, 4.69) is 12.2 Å². The molecule has 4 heteroatoms. The Morgan fingerprint density at radius 1 is 1.53 bits per heavy atom. The maximum atomic E-state index is 12.2. The molecule has 4 nitrogen and oxygen atoms in total. The van der Waals surface area contributed by atoms with E-state index in [-0.39, 0.29) is 17.5 Å². The SMILES string of the molecule is CCC1(C(=O)OCC2CCCO2)CCCNC1. The molecule has 0 spiro atoms. The summed E-state index contributed by atoms with van der Waals surface area (Å²) in [5.41, 5.74) is -0.295. The molecule has 1 N–H and O–H groups in total. The highest BCUT2D eigenvalue weighted by atomic mass is 16.6. The fraction of sp³-hybridized carbons (Fsp3) is 0.923. The molecular formula is C13H23NO3. The minimum atomic E-state index is -0.295. The van der Waals surface area contributed by atoms with Crippen molar-refractivity contribution in [3.63, 3.8) is 0 Å². The number of carbonyl (C=O) groups excluding carboxylic acids is 1. The molecule has 2 rings (SSSR count). The zero-order chi connectivity index (χ0) is 12.1. The van der Waals surface area contributed by atoms with E-state index in [1.807, 2.05) is 0 Å². The van der Waals surface area contributed by atoms with Crippen LogP contribution < -0.4 is 5.32 Å². The first-order chi connectivity index (χ1) is 8.27. The van der Waals surface area contributed by atoms with Crippen LogP contribution in [0.25, 0.3) is 0 Å². The van der Waals surface area contributed by atoms with Gasteiger partial charge in [0.05, 0.1) is 11.5 Å². The predicted octanol–water partition coefficient (Wildman–Crippen LogP) is 1.49. The molecular weight excluding hydrogens is 218 g/mol. The molecule has 0 radical (unpaired) electrons. The third-order valence-electron chi connectivity index (χ3n) is 4.01. The zero-order valence-electron chi connectivity index (χ0n) is 10.7. The van der Waals surface area contributed by atoms with Crippen LogP contribution in [-0.2, 0) is 14.3 Å². The molecule has 2 aliphatic heterocycles. The van der Waals surface area contributed by atoms with Gasteiger partial charge in [0.15, 0.2) is 0 Å². The number of carbonyl (C=O) groups is 1. The van der Waals surface area contributed by atoms with Crippen molar-refractivity contribution in [3.05, 3.63) is 0 Å². The highest BCUT2D eigenvalue weighted by Crippen LogP contribution is 2.31. The van der Waals surface area contributed by atoms with Crippen LogP contribution in [0.2, 0.25) is 0 Å². The average Bonchev–Trinajstić information content (AvgIpc) is 2.90. The van der Waals surface area contributed by atoms with Gasteiger partial charge in [-0.05, 0) is 38.6 Å². The van der Waals surface area contributed by atoms with Gasteiger partial charge in [-0.3, -0.25) is 4.79 Å². The maximum Gasteiger partial charge on any atom is 0.313 e. The first kappa shape index (κ1) is 12.8. The fourth-order valence-electron chi connectivity index (χ4n) is 2.69. The lowest BCUT2D eigenvalue weighted by molar-refractivity contribution is -0.160. The van der Waals surface area contributed by atoms with E-state index in [0.717, 1.165) is 51.8 Å². The number of piperidine rings is 1. The first-order valence-corrected chi connectivity index (χ1v) is 6.76. The number of nitrogens with one attached hydrogen (secondary N) is 1. The third-order valence-corrected chi connectivity index (χ3v) is 4.01. The van der Waals surface area contributed by atoms with E-state index in [4.69, 9.17) is 9.47 Å². The summed E-state index contributed by atoms with van der Waals surface area (Å²) < 4.78 is 10.9. The van der Waals surface area contributed by atoms with Crippen molar-refractivity contribution in [2.45, 2.75) is 45.1 Å². The molecule has 2 unspecified atom stereocenters. The van der Waals surface area contributed by atoms with Gasteiger partial charge in [-0.25, -0.2) is 0 Å². The lowest BCUT2D eigenvalue weighted by atomic mass is 9.78. The second kappa shape index (κ2) is 5.83. The molecule has 0 aromatic heterocycles. The molecule has 2 fully saturated rings. The quantitative estimate of drug-likeness (QED) is 0.758. The Balaban J connectivity index is 1.83. The van der Waals surface area contributed by atoms with Crippen LogP contribution in [0.5, 0.6) is 0 Å². The third kappa shape index (κ3) is 2.99. The van der Waals surface area contributed by atoms with Crippen LogP contribution in [-0.4, -0.2) is 38.4 Å². The van der Waals surface area contributed by atoms with Crippen molar-refractivity contribution in [1.82, 2.24) is 5.32 Å². The second-order valence-electron chi connectivity index (χ2n) is 5.15. The summed E-state index contributed by atoms with van der Waals surface area (Å²) in [5, 5.41) is 3.30. The minimum Gasteiger partial charge on any atom is -0.462 e. The van der Waals surface area contributed by atoms with Crippen molar-refractivity contribution >= 4 is 5.97 Å². The average molecular weight is 241 g/mol. The lowest BCUT2D eigenvalue weighted by Gasteiger charge is -2.34. The van der Waals surface area contributed by atoms with Gasteiger partial charge < -0.3 is 14.8 Å². The van der Waals surface area contributed by atoms with E-state index in [1.165, 1.54) is 0 Å². The van der Waals surface area contributed by atoms with Crippen LogP contribution in [0.3, 0.4) is 0 Å². The van der Waals surface area contributed by atoms with Crippen LogP contribution >= 0.6 is 0 Å². The number of hydrogen-bond donors (Lipinski definition) is 1. The fourth-order valence-corrected chi connectivity index (χ4v) is 2.69. The smallest absolute Gasteiger partial charge is 0.313 e. The summed E-state index contributed by atoms with van der Waals surface area (Å²) in [4.78, 5) is 12.2. The molecule has 2 heterocycles. The molecule has 2 saturated heterocycles. The van der Waals surface area contributed by atoms with Crippen molar-refractivity contribution in [1.29, 1.82) is 0 Å². The molecule has 0 saturated carbocycles. The molecule has 98 valence electrons. The van der Waals surface area contributed by atoms with Crippen molar-refractivity contribution in [2.24, 2.45) is 5.41 Å². The Morgan fingerprint density at radius 2 is 2.41 bits per heavy atom. The van der Waals surface area contributed by atoms with Crippen LogP contribution in [0.4, 0.5) is 0 Å². The number of hydrogen-bond acceptors (Lipinski definition) is 4. The maximum absolute atomic E-state index is 12.2. The monoisotopic (exact) mass is 241 g/mol. The molecule has 2 atom stereocenters. The van der Waals surface area contributed by atoms with Crippen molar-refractivity contribution in [2.75, 3.05) is 26.3 Å². The molecule has 0 bridgehead atoms. The second-order valence-corrected chi connectivity index (χ2v) is 5.15. The van der Waals surface area contributed by atoms with Crippen molar-refractivity contribution in [3.8, 4) is 0 Å². The highest BCUT2D eigenvalue weighted by molar-refractivity contribution is 5.77. The molecule has 0 aromatic rings. The van der Waals surface area contributed by atoms with Crippen molar-refractivity contribution < 1.29 is 14.3 Å². The predicted molar refractivity (Wildman–Crippen MR) is 64.8 cm³/mol. The molecule has 0 aromatic carbocycles. The van der Waals surface area contributed by atoms with E-state index in [9.17, 15) is 4.79 Å². The van der Waals surface area contributed by atoms with Gasteiger partial charge in [-0.2, -0.15) is 0 Å². The topological polar surface area (TPSA) is 47.6 Å². The Kier molecular flexibility index (Phi) is 4.40. The van der Waals surface area contributed by atoms with Gasteiger partial charge in [0.25, 0.3) is 0 Å². The van der Waals surface area contributed by atoms with Gasteiger partial charge in [-0.15, -0.1) is 0 Å². The summed E-state index contributed by atoms with van der Waals surface area (Å²) in [6.45, 7) is 5.08. The van der Waals surface area contributed by atoms with E-state index in [0.29, 0.717) is 6.61 Å². The Hall–Kier alpha value is -0.610. The Bertz CT molecular complexity index is 255. The Morgan fingerprint density at radius 3 is 3.00 bits per heavy atom. The summed E-state index contributed by atoms with van der Waals surface area (Å²) in [5.74, 6) is -0.0392. The highest BCUT2D eigenvalue weighted by Gasteiger charge is 2.39.